The molecule has 0 atom stereocenters. The second-order valence-corrected chi connectivity index (χ2v) is 6.23. The summed E-state index contributed by atoms with van der Waals surface area (Å²) in [6.07, 6.45) is 0. The molecule has 2 aromatic rings. The van der Waals surface area contributed by atoms with Crippen molar-refractivity contribution in [3.05, 3.63) is 52.0 Å². The van der Waals surface area contributed by atoms with E-state index in [4.69, 9.17) is 18.9 Å². The number of ether oxygens (including phenoxy) is 4. The second kappa shape index (κ2) is 9.55. The molecule has 2 rings (SSSR count). The summed E-state index contributed by atoms with van der Waals surface area (Å²) in [6, 6.07) is 11.6. The third kappa shape index (κ3) is 5.73. The standard InChI is InChI=1S/C19H23BrO4/c1-14-12-15(2)19(18(20)13-14)24-11-9-22-8-10-23-17-6-4-16(21-3)5-7-17/h4-7,12-13H,8-11H2,1-3H3. The van der Waals surface area contributed by atoms with Crippen LogP contribution in [-0.4, -0.2) is 33.5 Å². The van der Waals surface area contributed by atoms with Gasteiger partial charge in [-0.05, 0) is 71.2 Å². The fraction of sp³-hybridized carbons (Fsp3) is 0.368. The van der Waals surface area contributed by atoms with Gasteiger partial charge in [-0.25, -0.2) is 0 Å². The van der Waals surface area contributed by atoms with Crippen molar-refractivity contribution < 1.29 is 18.9 Å². The van der Waals surface area contributed by atoms with Crippen LogP contribution < -0.4 is 14.2 Å². The van der Waals surface area contributed by atoms with E-state index in [0.29, 0.717) is 26.4 Å². The molecule has 0 N–H and O–H groups in total. The third-order valence-electron chi connectivity index (χ3n) is 3.40. The molecule has 0 amide bonds. The molecule has 0 aliphatic rings. The summed E-state index contributed by atoms with van der Waals surface area (Å²) >= 11 is 3.53. The Hall–Kier alpha value is -1.72. The van der Waals surface area contributed by atoms with E-state index in [2.05, 4.69) is 28.9 Å². The largest absolute Gasteiger partial charge is 0.497 e. The van der Waals surface area contributed by atoms with Gasteiger partial charge in [0.05, 0.1) is 24.8 Å². The van der Waals surface area contributed by atoms with E-state index in [0.717, 1.165) is 27.3 Å². The average molecular weight is 395 g/mol. The second-order valence-electron chi connectivity index (χ2n) is 5.38. The lowest BCUT2D eigenvalue weighted by atomic mass is 10.1. The van der Waals surface area contributed by atoms with Gasteiger partial charge in [0.25, 0.3) is 0 Å². The van der Waals surface area contributed by atoms with Crippen LogP contribution in [0.2, 0.25) is 0 Å². The van der Waals surface area contributed by atoms with Crippen molar-refractivity contribution in [1.82, 2.24) is 0 Å². The highest BCUT2D eigenvalue weighted by Gasteiger charge is 2.06. The Labute approximate surface area is 151 Å². The first-order valence-corrected chi connectivity index (χ1v) is 8.63. The predicted octanol–water partition coefficient (Wildman–Crippen LogP) is 4.55. The number of hydrogen-bond donors (Lipinski definition) is 0. The maximum absolute atomic E-state index is 5.79. The average Bonchev–Trinajstić information content (AvgIpc) is 2.56. The zero-order valence-electron chi connectivity index (χ0n) is 14.3. The van der Waals surface area contributed by atoms with Gasteiger partial charge >= 0.3 is 0 Å². The Morgan fingerprint density at radius 3 is 2.08 bits per heavy atom. The molecule has 2 aromatic carbocycles. The molecule has 0 aliphatic carbocycles. The lowest BCUT2D eigenvalue weighted by molar-refractivity contribution is 0.0761. The molecule has 0 saturated carbocycles. The fourth-order valence-electron chi connectivity index (χ4n) is 2.28. The molecule has 5 heteroatoms. The summed E-state index contributed by atoms with van der Waals surface area (Å²) in [7, 11) is 1.64. The minimum atomic E-state index is 0.500. The molecular weight excluding hydrogens is 372 g/mol. The van der Waals surface area contributed by atoms with Gasteiger partial charge in [-0.2, -0.15) is 0 Å². The van der Waals surface area contributed by atoms with Gasteiger partial charge in [-0.1, -0.05) is 6.07 Å². The van der Waals surface area contributed by atoms with Crippen LogP contribution in [-0.2, 0) is 4.74 Å². The summed E-state index contributed by atoms with van der Waals surface area (Å²) in [5, 5.41) is 0. The quantitative estimate of drug-likeness (QED) is 0.584. The van der Waals surface area contributed by atoms with Gasteiger partial charge in [-0.15, -0.1) is 0 Å². The van der Waals surface area contributed by atoms with E-state index >= 15 is 0 Å². The summed E-state index contributed by atoms with van der Waals surface area (Å²) in [6.45, 7) is 6.14. The molecule has 0 bridgehead atoms. The fourth-order valence-corrected chi connectivity index (χ4v) is 3.07. The van der Waals surface area contributed by atoms with Crippen LogP contribution in [0, 0.1) is 13.8 Å². The SMILES string of the molecule is COc1ccc(OCCOCCOc2c(C)cc(C)cc2Br)cc1. The van der Waals surface area contributed by atoms with Gasteiger partial charge in [0.15, 0.2) is 0 Å². The van der Waals surface area contributed by atoms with E-state index in [1.165, 1.54) is 5.56 Å². The molecule has 130 valence electrons. The van der Waals surface area contributed by atoms with E-state index in [1.807, 2.05) is 37.3 Å². The molecule has 0 spiro atoms. The van der Waals surface area contributed by atoms with Gasteiger partial charge in [0.1, 0.15) is 30.5 Å². The summed E-state index contributed by atoms with van der Waals surface area (Å²) in [5.41, 5.74) is 2.32. The van der Waals surface area contributed by atoms with Gasteiger partial charge in [0, 0.05) is 0 Å². The van der Waals surface area contributed by atoms with Crippen LogP contribution >= 0.6 is 15.9 Å². The Balaban J connectivity index is 1.61. The van der Waals surface area contributed by atoms with Crippen molar-refractivity contribution in [3.8, 4) is 17.2 Å². The Bertz CT molecular complexity index is 617. The van der Waals surface area contributed by atoms with Crippen molar-refractivity contribution in [2.45, 2.75) is 13.8 Å². The number of benzene rings is 2. The molecule has 0 aromatic heterocycles. The topological polar surface area (TPSA) is 36.9 Å². The van der Waals surface area contributed by atoms with Crippen LogP contribution in [0.15, 0.2) is 40.9 Å². The first-order chi connectivity index (χ1) is 11.6. The smallest absolute Gasteiger partial charge is 0.136 e. The van der Waals surface area contributed by atoms with E-state index < -0.39 is 0 Å². The highest BCUT2D eigenvalue weighted by atomic mass is 79.9. The van der Waals surface area contributed by atoms with Crippen LogP contribution in [0.25, 0.3) is 0 Å². The molecule has 0 heterocycles. The summed E-state index contributed by atoms with van der Waals surface area (Å²) in [4.78, 5) is 0. The van der Waals surface area contributed by atoms with Crippen LogP contribution in [0.3, 0.4) is 0 Å². The predicted molar refractivity (Wildman–Crippen MR) is 98.4 cm³/mol. The first kappa shape index (κ1) is 18.6. The summed E-state index contributed by atoms with van der Waals surface area (Å²) < 4.78 is 23.0. The number of methoxy groups -OCH3 is 1. The molecule has 24 heavy (non-hydrogen) atoms. The van der Waals surface area contributed by atoms with E-state index in [1.54, 1.807) is 7.11 Å². The Morgan fingerprint density at radius 1 is 0.833 bits per heavy atom. The normalized spacial score (nSPS) is 10.5. The van der Waals surface area contributed by atoms with Gasteiger partial charge in [0.2, 0.25) is 0 Å². The van der Waals surface area contributed by atoms with Crippen LogP contribution in [0.5, 0.6) is 17.2 Å². The molecule has 0 radical (unpaired) electrons. The lowest BCUT2D eigenvalue weighted by Gasteiger charge is -2.12. The van der Waals surface area contributed by atoms with Crippen LogP contribution in [0.1, 0.15) is 11.1 Å². The molecule has 0 aliphatic heterocycles. The van der Waals surface area contributed by atoms with Gasteiger partial charge < -0.3 is 18.9 Å². The number of aryl methyl sites for hydroxylation is 2. The van der Waals surface area contributed by atoms with Crippen LogP contribution in [0.4, 0.5) is 0 Å². The maximum atomic E-state index is 5.79. The minimum Gasteiger partial charge on any atom is -0.497 e. The number of rotatable bonds is 9. The molecule has 0 unspecified atom stereocenters. The minimum absolute atomic E-state index is 0.500. The molecular formula is C19H23BrO4. The number of halogens is 1. The van der Waals surface area contributed by atoms with Gasteiger partial charge in [-0.3, -0.25) is 0 Å². The Morgan fingerprint density at radius 2 is 1.46 bits per heavy atom. The Kier molecular flexibility index (Phi) is 7.40. The molecule has 0 saturated heterocycles. The summed E-state index contributed by atoms with van der Waals surface area (Å²) in [5.74, 6) is 2.49. The van der Waals surface area contributed by atoms with E-state index in [-0.39, 0.29) is 0 Å². The van der Waals surface area contributed by atoms with Crippen molar-refractivity contribution >= 4 is 15.9 Å². The number of hydrogen-bond acceptors (Lipinski definition) is 4. The van der Waals surface area contributed by atoms with Crippen molar-refractivity contribution in [2.24, 2.45) is 0 Å². The third-order valence-corrected chi connectivity index (χ3v) is 3.99. The van der Waals surface area contributed by atoms with Crippen molar-refractivity contribution in [2.75, 3.05) is 33.5 Å². The lowest BCUT2D eigenvalue weighted by Crippen LogP contribution is -2.12. The highest BCUT2D eigenvalue weighted by Crippen LogP contribution is 2.30. The molecule has 4 nitrogen and oxygen atoms in total. The van der Waals surface area contributed by atoms with Crippen molar-refractivity contribution in [1.29, 1.82) is 0 Å². The molecule has 0 fully saturated rings. The zero-order valence-corrected chi connectivity index (χ0v) is 15.9. The monoisotopic (exact) mass is 394 g/mol. The van der Waals surface area contributed by atoms with E-state index in [9.17, 15) is 0 Å². The maximum Gasteiger partial charge on any atom is 0.136 e. The van der Waals surface area contributed by atoms with Crippen molar-refractivity contribution in [3.63, 3.8) is 0 Å². The zero-order chi connectivity index (χ0) is 17.4. The first-order valence-electron chi connectivity index (χ1n) is 7.84. The highest BCUT2D eigenvalue weighted by molar-refractivity contribution is 9.10.